The molecule has 204 valence electrons. The minimum absolute atomic E-state index is 0.277. The number of nitrogens with one attached hydrogen (secondary N) is 2. The van der Waals surface area contributed by atoms with Crippen molar-refractivity contribution in [3.05, 3.63) is 59.9 Å². The van der Waals surface area contributed by atoms with Crippen LogP contribution in [0.4, 0.5) is 23.0 Å². The van der Waals surface area contributed by atoms with Gasteiger partial charge in [0.2, 0.25) is 5.95 Å². The van der Waals surface area contributed by atoms with E-state index in [-0.39, 0.29) is 6.04 Å². The molecule has 0 radical (unpaired) electrons. The molecular formula is C31H38N6O2. The summed E-state index contributed by atoms with van der Waals surface area (Å²) in [7, 11) is 1.72. The van der Waals surface area contributed by atoms with Crippen molar-refractivity contribution in [1.82, 2.24) is 15.3 Å². The summed E-state index contributed by atoms with van der Waals surface area (Å²) in [5.41, 5.74) is 8.40. The van der Waals surface area contributed by atoms with E-state index >= 15 is 0 Å². The average molecular weight is 527 g/mol. The first-order chi connectivity index (χ1) is 18.9. The van der Waals surface area contributed by atoms with Gasteiger partial charge in [0.15, 0.2) is 0 Å². The summed E-state index contributed by atoms with van der Waals surface area (Å²) in [4.78, 5) is 14.4. The van der Waals surface area contributed by atoms with Gasteiger partial charge in [0, 0.05) is 67.0 Å². The molecule has 0 bridgehead atoms. The highest BCUT2D eigenvalue weighted by Gasteiger charge is 2.30. The molecule has 0 spiro atoms. The van der Waals surface area contributed by atoms with Crippen molar-refractivity contribution in [3.8, 4) is 22.8 Å². The van der Waals surface area contributed by atoms with Crippen LogP contribution >= 0.6 is 0 Å². The Morgan fingerprint density at radius 2 is 1.92 bits per heavy atom. The molecular weight excluding hydrogens is 488 g/mol. The molecule has 1 saturated carbocycles. The van der Waals surface area contributed by atoms with Gasteiger partial charge in [-0.15, -0.1) is 0 Å². The van der Waals surface area contributed by atoms with Crippen LogP contribution in [0.5, 0.6) is 11.5 Å². The van der Waals surface area contributed by atoms with Gasteiger partial charge < -0.3 is 29.9 Å². The standard InChI is InChI=1S/C31H38N6O2/c1-19(2)37-21(4)18-39-30-20(3)14-23(15-27(30)37)29-25(22-6-7-22)17-33-31(35-29)34-24-8-9-26(28(16-24)38-5)36-12-10-32-11-13-36/h8-9,14-17,19,22,32H,4,6-7,10-13,18H2,1-3,5H3,(H,33,34,35). The van der Waals surface area contributed by atoms with Crippen LogP contribution in [0, 0.1) is 6.92 Å². The van der Waals surface area contributed by atoms with E-state index < -0.39 is 0 Å². The average Bonchev–Trinajstić information content (AvgIpc) is 3.78. The van der Waals surface area contributed by atoms with Gasteiger partial charge in [-0.1, -0.05) is 6.58 Å². The lowest BCUT2D eigenvalue weighted by Gasteiger charge is -2.37. The largest absolute Gasteiger partial charge is 0.495 e. The van der Waals surface area contributed by atoms with Gasteiger partial charge in [-0.05, 0) is 69.4 Å². The Balaban J connectivity index is 1.35. The lowest BCUT2D eigenvalue weighted by atomic mass is 9.99. The molecule has 6 rings (SSSR count). The van der Waals surface area contributed by atoms with E-state index in [9.17, 15) is 0 Å². The number of aromatic nitrogens is 2. The van der Waals surface area contributed by atoms with Crippen LogP contribution in [0.1, 0.15) is 43.7 Å². The molecule has 8 nitrogen and oxygen atoms in total. The predicted octanol–water partition coefficient (Wildman–Crippen LogP) is 5.61. The highest BCUT2D eigenvalue weighted by Crippen LogP contribution is 2.47. The molecule has 0 amide bonds. The summed E-state index contributed by atoms with van der Waals surface area (Å²) >= 11 is 0. The van der Waals surface area contributed by atoms with E-state index in [4.69, 9.17) is 19.4 Å². The molecule has 2 fully saturated rings. The van der Waals surface area contributed by atoms with Crippen molar-refractivity contribution in [3.63, 3.8) is 0 Å². The number of fused-ring (bicyclic) bond motifs is 1. The molecule has 1 aliphatic carbocycles. The van der Waals surface area contributed by atoms with Crippen LogP contribution < -0.4 is 29.9 Å². The highest BCUT2D eigenvalue weighted by atomic mass is 16.5. The van der Waals surface area contributed by atoms with E-state index in [0.717, 1.165) is 77.3 Å². The summed E-state index contributed by atoms with van der Waals surface area (Å²) in [6, 6.07) is 10.9. The molecule has 8 heteroatoms. The number of rotatable bonds is 7. The zero-order valence-corrected chi connectivity index (χ0v) is 23.4. The maximum absolute atomic E-state index is 6.10. The fourth-order valence-corrected chi connectivity index (χ4v) is 5.72. The van der Waals surface area contributed by atoms with Gasteiger partial charge in [0.25, 0.3) is 0 Å². The van der Waals surface area contributed by atoms with E-state index in [0.29, 0.717) is 18.5 Å². The SMILES string of the molecule is C=C1COc2c(C)cc(-c3nc(Nc4ccc(N5CCNCC5)c(OC)c4)ncc3C3CC3)cc2N1C(C)C. The first-order valence-electron chi connectivity index (χ1n) is 14.0. The smallest absolute Gasteiger partial charge is 0.227 e. The number of anilines is 4. The molecule has 2 N–H and O–H groups in total. The Morgan fingerprint density at radius 1 is 1.13 bits per heavy atom. The van der Waals surface area contributed by atoms with Crippen molar-refractivity contribution in [2.45, 2.75) is 45.6 Å². The second-order valence-corrected chi connectivity index (χ2v) is 11.0. The fraction of sp³-hybridized carbons (Fsp3) is 0.419. The molecule has 3 heterocycles. The maximum atomic E-state index is 6.10. The Morgan fingerprint density at radius 3 is 2.64 bits per heavy atom. The van der Waals surface area contributed by atoms with Crippen LogP contribution in [0.3, 0.4) is 0 Å². The molecule has 0 unspecified atom stereocenters. The van der Waals surface area contributed by atoms with Crippen LogP contribution in [0.15, 0.2) is 48.8 Å². The molecule has 0 atom stereocenters. The maximum Gasteiger partial charge on any atom is 0.227 e. The summed E-state index contributed by atoms with van der Waals surface area (Å²) in [6.07, 6.45) is 4.35. The van der Waals surface area contributed by atoms with Gasteiger partial charge >= 0.3 is 0 Å². The van der Waals surface area contributed by atoms with Gasteiger partial charge in [-0.3, -0.25) is 0 Å². The fourth-order valence-electron chi connectivity index (χ4n) is 5.72. The molecule has 1 saturated heterocycles. The van der Waals surface area contributed by atoms with Gasteiger partial charge in [-0.25, -0.2) is 9.97 Å². The minimum atomic E-state index is 0.277. The van der Waals surface area contributed by atoms with Crippen LogP contribution in [-0.2, 0) is 0 Å². The van der Waals surface area contributed by atoms with E-state index in [1.54, 1.807) is 7.11 Å². The summed E-state index contributed by atoms with van der Waals surface area (Å²) in [6.45, 7) is 15.1. The summed E-state index contributed by atoms with van der Waals surface area (Å²) in [5, 5.41) is 6.84. The number of benzene rings is 2. The van der Waals surface area contributed by atoms with Gasteiger partial charge in [0.05, 0.1) is 24.2 Å². The van der Waals surface area contributed by atoms with E-state index in [1.165, 1.54) is 18.4 Å². The number of hydrogen-bond acceptors (Lipinski definition) is 8. The Hall–Kier alpha value is -3.78. The topological polar surface area (TPSA) is 74.8 Å². The first-order valence-corrected chi connectivity index (χ1v) is 14.0. The predicted molar refractivity (Wildman–Crippen MR) is 158 cm³/mol. The zero-order valence-electron chi connectivity index (χ0n) is 23.4. The second kappa shape index (κ2) is 10.4. The lowest BCUT2D eigenvalue weighted by molar-refractivity contribution is 0.330. The van der Waals surface area contributed by atoms with Gasteiger partial charge in [0.1, 0.15) is 18.1 Å². The molecule has 1 aromatic heterocycles. The summed E-state index contributed by atoms with van der Waals surface area (Å²) in [5.74, 6) is 2.85. The third kappa shape index (κ3) is 5.01. The molecule has 39 heavy (non-hydrogen) atoms. The van der Waals surface area contributed by atoms with Crippen molar-refractivity contribution in [1.29, 1.82) is 0 Å². The van der Waals surface area contributed by atoms with E-state index in [2.05, 4.69) is 72.0 Å². The van der Waals surface area contributed by atoms with Crippen LogP contribution in [-0.4, -0.2) is 55.9 Å². The van der Waals surface area contributed by atoms with Crippen molar-refractivity contribution in [2.75, 3.05) is 55.0 Å². The normalized spacial score (nSPS) is 17.2. The lowest BCUT2D eigenvalue weighted by Crippen LogP contribution is -2.43. The summed E-state index contributed by atoms with van der Waals surface area (Å²) < 4.78 is 11.9. The zero-order chi connectivity index (χ0) is 27.1. The highest BCUT2D eigenvalue weighted by molar-refractivity contribution is 5.78. The second-order valence-electron chi connectivity index (χ2n) is 11.0. The van der Waals surface area contributed by atoms with Crippen molar-refractivity contribution in [2.24, 2.45) is 0 Å². The first kappa shape index (κ1) is 25.5. The Labute approximate surface area is 231 Å². The molecule has 2 aliphatic heterocycles. The Bertz CT molecular complexity index is 1390. The molecule has 3 aromatic rings. The van der Waals surface area contributed by atoms with E-state index in [1.807, 2.05) is 12.3 Å². The minimum Gasteiger partial charge on any atom is -0.495 e. The monoisotopic (exact) mass is 526 g/mol. The number of methoxy groups -OCH3 is 1. The number of hydrogen-bond donors (Lipinski definition) is 2. The van der Waals surface area contributed by atoms with Crippen molar-refractivity contribution < 1.29 is 9.47 Å². The Kier molecular flexibility index (Phi) is 6.81. The van der Waals surface area contributed by atoms with Crippen molar-refractivity contribution >= 4 is 23.0 Å². The molecule has 3 aliphatic rings. The number of nitrogens with zero attached hydrogens (tertiary/aromatic N) is 4. The third-order valence-corrected chi connectivity index (χ3v) is 7.76. The quantitative estimate of drug-likeness (QED) is 0.411. The number of ether oxygens (including phenoxy) is 2. The van der Waals surface area contributed by atoms with Crippen LogP contribution in [0.2, 0.25) is 0 Å². The number of aryl methyl sites for hydroxylation is 1. The van der Waals surface area contributed by atoms with Gasteiger partial charge in [-0.2, -0.15) is 0 Å². The third-order valence-electron chi connectivity index (χ3n) is 7.76. The molecule has 2 aromatic carbocycles. The number of piperazine rings is 1. The van der Waals surface area contributed by atoms with Crippen LogP contribution in [0.25, 0.3) is 11.3 Å².